The first-order valence-electron chi connectivity index (χ1n) is 8.83. The normalized spacial score (nSPS) is 10.3. The number of carbonyl (C=O) groups is 1. The molecular formula is C22H23N3O3. The van der Waals surface area contributed by atoms with Gasteiger partial charge in [-0.15, -0.1) is 0 Å². The van der Waals surface area contributed by atoms with E-state index in [0.717, 1.165) is 28.1 Å². The number of ether oxygens (including phenoxy) is 2. The highest BCUT2D eigenvalue weighted by Gasteiger charge is 2.11. The molecular weight excluding hydrogens is 354 g/mol. The Balaban J connectivity index is 1.77. The van der Waals surface area contributed by atoms with Gasteiger partial charge in [0.2, 0.25) is 0 Å². The molecule has 0 saturated carbocycles. The summed E-state index contributed by atoms with van der Waals surface area (Å²) in [5, 5.41) is 2.74. The van der Waals surface area contributed by atoms with Gasteiger partial charge in [0, 0.05) is 49.0 Å². The molecule has 0 radical (unpaired) electrons. The van der Waals surface area contributed by atoms with E-state index >= 15 is 0 Å². The Morgan fingerprint density at radius 1 is 1.07 bits per heavy atom. The fraction of sp³-hybridized carbons (Fsp3) is 0.182. The van der Waals surface area contributed by atoms with E-state index in [1.165, 1.54) is 0 Å². The van der Waals surface area contributed by atoms with Gasteiger partial charge >= 0.3 is 6.09 Å². The molecule has 0 bridgehead atoms. The van der Waals surface area contributed by atoms with Crippen molar-refractivity contribution in [1.29, 1.82) is 0 Å². The minimum atomic E-state index is -0.544. The first kappa shape index (κ1) is 19.2. The van der Waals surface area contributed by atoms with Gasteiger partial charge in [-0.05, 0) is 48.9 Å². The van der Waals surface area contributed by atoms with Crippen molar-refractivity contribution in [3.05, 3.63) is 66.5 Å². The summed E-state index contributed by atoms with van der Waals surface area (Å²) in [6.45, 7) is 1.83. The molecule has 28 heavy (non-hydrogen) atoms. The number of anilines is 2. The smallest absolute Gasteiger partial charge is 0.417 e. The number of aromatic nitrogens is 1. The maximum absolute atomic E-state index is 12.1. The Bertz CT molecular complexity index is 969. The third-order valence-corrected chi connectivity index (χ3v) is 4.30. The van der Waals surface area contributed by atoms with E-state index in [9.17, 15) is 4.79 Å². The minimum absolute atomic E-state index is 0.483. The van der Waals surface area contributed by atoms with E-state index in [2.05, 4.69) is 15.2 Å². The fourth-order valence-corrected chi connectivity index (χ4v) is 2.81. The number of nitrogens with zero attached hydrogens (tertiary/aromatic N) is 2. The van der Waals surface area contributed by atoms with Crippen LogP contribution in [0.2, 0.25) is 0 Å². The molecule has 6 nitrogen and oxygen atoms in total. The number of hydrogen-bond acceptors (Lipinski definition) is 5. The summed E-state index contributed by atoms with van der Waals surface area (Å²) < 4.78 is 10.7. The zero-order chi connectivity index (χ0) is 20.1. The fourth-order valence-electron chi connectivity index (χ4n) is 2.81. The second-order valence-corrected chi connectivity index (χ2v) is 6.51. The minimum Gasteiger partial charge on any atom is -0.497 e. The van der Waals surface area contributed by atoms with Crippen molar-refractivity contribution in [2.75, 3.05) is 31.4 Å². The van der Waals surface area contributed by atoms with Crippen molar-refractivity contribution in [1.82, 2.24) is 4.98 Å². The summed E-state index contributed by atoms with van der Waals surface area (Å²) in [5.74, 6) is 1.27. The third kappa shape index (κ3) is 4.40. The van der Waals surface area contributed by atoms with E-state index in [0.29, 0.717) is 11.4 Å². The molecule has 0 aliphatic carbocycles. The van der Waals surface area contributed by atoms with Gasteiger partial charge in [0.25, 0.3) is 0 Å². The zero-order valence-electron chi connectivity index (χ0n) is 16.4. The first-order valence-corrected chi connectivity index (χ1v) is 8.83. The Morgan fingerprint density at radius 3 is 2.46 bits per heavy atom. The standard InChI is InChI=1S/C22H23N3O3/c1-15-14-23-12-11-21(15)28-22(26)24-17-7-5-16(6-8-17)19-13-18(27-4)9-10-20(19)25(2)3/h5-14H,1-4H3,(H,24,26). The molecule has 2 aromatic carbocycles. The van der Waals surface area contributed by atoms with Crippen molar-refractivity contribution >= 4 is 17.5 Å². The molecule has 0 spiro atoms. The first-order chi connectivity index (χ1) is 13.5. The van der Waals surface area contributed by atoms with Crippen LogP contribution in [0.5, 0.6) is 11.5 Å². The summed E-state index contributed by atoms with van der Waals surface area (Å²) >= 11 is 0. The monoisotopic (exact) mass is 377 g/mol. The highest BCUT2D eigenvalue weighted by Crippen LogP contribution is 2.34. The second kappa shape index (κ2) is 8.43. The second-order valence-electron chi connectivity index (χ2n) is 6.51. The number of nitrogens with one attached hydrogen (secondary N) is 1. The highest BCUT2D eigenvalue weighted by atomic mass is 16.6. The summed E-state index contributed by atoms with van der Waals surface area (Å²) in [6, 6.07) is 15.2. The van der Waals surface area contributed by atoms with E-state index < -0.39 is 6.09 Å². The van der Waals surface area contributed by atoms with Crippen LogP contribution in [0.1, 0.15) is 5.56 Å². The van der Waals surface area contributed by atoms with Gasteiger partial charge in [-0.3, -0.25) is 10.3 Å². The van der Waals surface area contributed by atoms with Crippen molar-refractivity contribution in [2.45, 2.75) is 6.92 Å². The lowest BCUT2D eigenvalue weighted by molar-refractivity contribution is 0.215. The molecule has 0 aliphatic heterocycles. The molecule has 1 amide bonds. The van der Waals surface area contributed by atoms with Crippen molar-refractivity contribution in [3.8, 4) is 22.6 Å². The van der Waals surface area contributed by atoms with Gasteiger partial charge in [-0.2, -0.15) is 0 Å². The highest BCUT2D eigenvalue weighted by molar-refractivity contribution is 5.87. The van der Waals surface area contributed by atoms with Gasteiger partial charge < -0.3 is 14.4 Å². The van der Waals surface area contributed by atoms with Crippen LogP contribution >= 0.6 is 0 Å². The number of aryl methyl sites for hydroxylation is 1. The van der Waals surface area contributed by atoms with Gasteiger partial charge in [-0.25, -0.2) is 4.79 Å². The maximum atomic E-state index is 12.1. The number of carbonyl (C=O) groups excluding carboxylic acids is 1. The Labute approximate surface area is 164 Å². The van der Waals surface area contributed by atoms with E-state index in [-0.39, 0.29) is 0 Å². The van der Waals surface area contributed by atoms with E-state index in [4.69, 9.17) is 9.47 Å². The Morgan fingerprint density at radius 2 is 1.82 bits per heavy atom. The topological polar surface area (TPSA) is 63.7 Å². The van der Waals surface area contributed by atoms with E-state index in [1.807, 2.05) is 63.5 Å². The summed E-state index contributed by atoms with van der Waals surface area (Å²) in [5.41, 5.74) is 4.59. The molecule has 144 valence electrons. The molecule has 3 aromatic rings. The predicted molar refractivity (Wildman–Crippen MR) is 111 cm³/mol. The molecule has 0 aliphatic rings. The molecule has 1 heterocycles. The van der Waals surface area contributed by atoms with Crippen LogP contribution in [0, 0.1) is 6.92 Å². The zero-order valence-corrected chi connectivity index (χ0v) is 16.4. The van der Waals surface area contributed by atoms with Gasteiger partial charge in [0.15, 0.2) is 0 Å². The lowest BCUT2D eigenvalue weighted by atomic mass is 10.0. The average molecular weight is 377 g/mol. The van der Waals surface area contributed by atoms with Crippen LogP contribution in [-0.2, 0) is 0 Å². The molecule has 0 unspecified atom stereocenters. The van der Waals surface area contributed by atoms with E-state index in [1.54, 1.807) is 25.6 Å². The molecule has 6 heteroatoms. The maximum Gasteiger partial charge on any atom is 0.417 e. The number of pyridine rings is 1. The number of benzene rings is 2. The molecule has 1 N–H and O–H groups in total. The Hall–Kier alpha value is -3.54. The van der Waals surface area contributed by atoms with Crippen LogP contribution in [0.4, 0.5) is 16.2 Å². The SMILES string of the molecule is COc1ccc(N(C)C)c(-c2ccc(NC(=O)Oc3ccncc3C)cc2)c1. The van der Waals surface area contributed by atoms with Crippen molar-refractivity contribution in [2.24, 2.45) is 0 Å². The number of rotatable bonds is 5. The molecule has 1 aromatic heterocycles. The van der Waals surface area contributed by atoms with Gasteiger partial charge in [-0.1, -0.05) is 12.1 Å². The van der Waals surface area contributed by atoms with Gasteiger partial charge in [0.05, 0.1) is 7.11 Å². The van der Waals surface area contributed by atoms with Crippen LogP contribution < -0.4 is 19.7 Å². The van der Waals surface area contributed by atoms with Crippen LogP contribution in [0.15, 0.2) is 60.9 Å². The van der Waals surface area contributed by atoms with Crippen LogP contribution in [0.25, 0.3) is 11.1 Å². The van der Waals surface area contributed by atoms with Crippen LogP contribution in [-0.4, -0.2) is 32.3 Å². The molecule has 0 fully saturated rings. The number of methoxy groups -OCH3 is 1. The molecule has 0 saturated heterocycles. The summed E-state index contributed by atoms with van der Waals surface area (Å²) in [6.07, 6.45) is 2.69. The average Bonchev–Trinajstić information content (AvgIpc) is 2.69. The number of hydrogen-bond donors (Lipinski definition) is 1. The number of amides is 1. The van der Waals surface area contributed by atoms with Crippen molar-refractivity contribution < 1.29 is 14.3 Å². The predicted octanol–water partition coefficient (Wildman–Crippen LogP) is 4.74. The molecule has 3 rings (SSSR count). The quantitative estimate of drug-likeness (QED) is 0.696. The van der Waals surface area contributed by atoms with Crippen molar-refractivity contribution in [3.63, 3.8) is 0 Å². The molecule has 0 atom stereocenters. The summed E-state index contributed by atoms with van der Waals surface area (Å²) in [4.78, 5) is 18.2. The largest absolute Gasteiger partial charge is 0.497 e. The van der Waals surface area contributed by atoms with Gasteiger partial charge in [0.1, 0.15) is 11.5 Å². The summed E-state index contributed by atoms with van der Waals surface area (Å²) in [7, 11) is 5.65. The van der Waals surface area contributed by atoms with Crippen LogP contribution in [0.3, 0.4) is 0 Å². The lowest BCUT2D eigenvalue weighted by Crippen LogP contribution is -2.17. The Kier molecular flexibility index (Phi) is 5.79. The lowest BCUT2D eigenvalue weighted by Gasteiger charge is -2.19. The third-order valence-electron chi connectivity index (χ3n) is 4.30.